The molecule has 0 unspecified atom stereocenters. The lowest BCUT2D eigenvalue weighted by Gasteiger charge is -2.30. The monoisotopic (exact) mass is 311 g/mol. The average molecular weight is 312 g/mol. The van der Waals surface area contributed by atoms with E-state index in [1.54, 1.807) is 0 Å². The van der Waals surface area contributed by atoms with Crippen LogP contribution in [0.2, 0.25) is 0 Å². The van der Waals surface area contributed by atoms with Crippen molar-refractivity contribution in [2.45, 2.75) is 45.3 Å². The van der Waals surface area contributed by atoms with Gasteiger partial charge in [0.05, 0.1) is 5.56 Å². The molecule has 0 bridgehead atoms. The number of hydrogen-bond donors (Lipinski definition) is 2. The van der Waals surface area contributed by atoms with Gasteiger partial charge in [-0.2, -0.15) is 11.8 Å². The van der Waals surface area contributed by atoms with Crippen LogP contribution in [0.3, 0.4) is 0 Å². The summed E-state index contributed by atoms with van der Waals surface area (Å²) < 4.78 is 0.229. The number of pyridine rings is 1. The summed E-state index contributed by atoms with van der Waals surface area (Å²) in [6.07, 6.45) is 4.40. The maximum absolute atomic E-state index is 5.85. The molecule has 0 amide bonds. The minimum absolute atomic E-state index is 0.229. The minimum Gasteiger partial charge on any atom is -0.389 e. The van der Waals surface area contributed by atoms with Crippen molar-refractivity contribution in [1.82, 2.24) is 4.98 Å². The summed E-state index contributed by atoms with van der Waals surface area (Å²) in [4.78, 5) is 4.98. The van der Waals surface area contributed by atoms with Gasteiger partial charge in [0.2, 0.25) is 0 Å². The number of rotatable bonds is 7. The average Bonchev–Trinajstić information content (AvgIpc) is 2.39. The van der Waals surface area contributed by atoms with Gasteiger partial charge in [0.1, 0.15) is 10.8 Å². The number of aromatic nitrogens is 1. The van der Waals surface area contributed by atoms with Crippen molar-refractivity contribution in [3.8, 4) is 0 Å². The zero-order valence-electron chi connectivity index (χ0n) is 13.0. The first-order valence-corrected chi connectivity index (χ1v) is 8.59. The lowest BCUT2D eigenvalue weighted by Crippen LogP contribution is -2.33. The van der Waals surface area contributed by atoms with E-state index >= 15 is 0 Å². The Labute approximate surface area is 132 Å². The first kappa shape index (κ1) is 17.2. The molecule has 1 aromatic heterocycles. The SMILES string of the molecule is CCC(CC)(CNc1nc(C)cc(C)c1C(N)=S)SC. The van der Waals surface area contributed by atoms with Gasteiger partial charge in [-0.3, -0.25) is 0 Å². The number of nitrogens with zero attached hydrogens (tertiary/aromatic N) is 1. The van der Waals surface area contributed by atoms with Gasteiger partial charge in [-0.15, -0.1) is 0 Å². The van der Waals surface area contributed by atoms with Crippen molar-refractivity contribution in [3.63, 3.8) is 0 Å². The van der Waals surface area contributed by atoms with E-state index in [-0.39, 0.29) is 4.75 Å². The van der Waals surface area contributed by atoms with E-state index in [0.717, 1.165) is 42.0 Å². The molecule has 0 atom stereocenters. The minimum atomic E-state index is 0.229. The zero-order valence-corrected chi connectivity index (χ0v) is 14.7. The number of aryl methyl sites for hydroxylation is 2. The molecule has 20 heavy (non-hydrogen) atoms. The van der Waals surface area contributed by atoms with Crippen molar-refractivity contribution in [1.29, 1.82) is 0 Å². The van der Waals surface area contributed by atoms with E-state index in [4.69, 9.17) is 18.0 Å². The van der Waals surface area contributed by atoms with Crippen LogP contribution < -0.4 is 11.1 Å². The molecule has 0 aliphatic rings. The fraction of sp³-hybridized carbons (Fsp3) is 0.600. The summed E-state index contributed by atoms with van der Waals surface area (Å²) in [6, 6.07) is 2.02. The van der Waals surface area contributed by atoms with Crippen molar-refractivity contribution in [3.05, 3.63) is 22.9 Å². The number of hydrogen-bond acceptors (Lipinski definition) is 4. The fourth-order valence-electron chi connectivity index (χ4n) is 2.38. The van der Waals surface area contributed by atoms with Crippen LogP contribution in [0.4, 0.5) is 5.82 Å². The summed E-state index contributed by atoms with van der Waals surface area (Å²) in [5, 5.41) is 3.47. The topological polar surface area (TPSA) is 50.9 Å². The third-order valence-electron chi connectivity index (χ3n) is 3.89. The van der Waals surface area contributed by atoms with Gasteiger partial charge in [-0.25, -0.2) is 4.98 Å². The van der Waals surface area contributed by atoms with Gasteiger partial charge in [-0.05, 0) is 44.6 Å². The molecule has 1 rings (SSSR count). The van der Waals surface area contributed by atoms with Crippen LogP contribution in [0.15, 0.2) is 6.07 Å². The fourth-order valence-corrected chi connectivity index (χ4v) is 3.43. The van der Waals surface area contributed by atoms with Crippen LogP contribution in [0.1, 0.15) is 43.5 Å². The first-order valence-electron chi connectivity index (χ1n) is 6.96. The molecule has 3 N–H and O–H groups in total. The quantitative estimate of drug-likeness (QED) is 0.753. The van der Waals surface area contributed by atoms with Crippen molar-refractivity contribution in [2.75, 3.05) is 18.1 Å². The highest BCUT2D eigenvalue weighted by atomic mass is 32.2. The van der Waals surface area contributed by atoms with E-state index in [9.17, 15) is 0 Å². The Morgan fingerprint density at radius 1 is 1.40 bits per heavy atom. The molecule has 0 radical (unpaired) electrons. The highest BCUT2D eigenvalue weighted by Gasteiger charge is 2.25. The Hall–Kier alpha value is -0.810. The molecule has 1 aromatic rings. The van der Waals surface area contributed by atoms with E-state index in [0.29, 0.717) is 4.99 Å². The summed E-state index contributed by atoms with van der Waals surface area (Å²) in [7, 11) is 0. The van der Waals surface area contributed by atoms with Crippen LogP contribution in [-0.4, -0.2) is 27.5 Å². The number of anilines is 1. The van der Waals surface area contributed by atoms with Crippen molar-refractivity contribution in [2.24, 2.45) is 5.73 Å². The molecule has 112 valence electrons. The molecule has 0 aromatic carbocycles. The van der Waals surface area contributed by atoms with Gasteiger partial charge in [-0.1, -0.05) is 26.1 Å². The molecule has 0 aliphatic heterocycles. The normalized spacial score (nSPS) is 11.4. The number of nitrogens with one attached hydrogen (secondary N) is 1. The van der Waals surface area contributed by atoms with Gasteiger partial charge >= 0.3 is 0 Å². The number of thioether (sulfide) groups is 1. The Morgan fingerprint density at radius 2 is 2.00 bits per heavy atom. The van der Waals surface area contributed by atoms with Crippen LogP contribution >= 0.6 is 24.0 Å². The largest absolute Gasteiger partial charge is 0.389 e. The van der Waals surface area contributed by atoms with Crippen LogP contribution in [0.5, 0.6) is 0 Å². The molecule has 0 saturated heterocycles. The molecule has 5 heteroatoms. The van der Waals surface area contributed by atoms with E-state index < -0.39 is 0 Å². The van der Waals surface area contributed by atoms with Crippen molar-refractivity contribution >= 4 is 34.8 Å². The maximum Gasteiger partial charge on any atom is 0.136 e. The van der Waals surface area contributed by atoms with Gasteiger partial charge in [0.15, 0.2) is 0 Å². The Morgan fingerprint density at radius 3 is 2.45 bits per heavy atom. The number of thiocarbonyl (C=S) groups is 1. The van der Waals surface area contributed by atoms with Crippen LogP contribution in [0.25, 0.3) is 0 Å². The second-order valence-corrected chi connectivity index (χ2v) is 6.83. The third-order valence-corrected chi connectivity index (χ3v) is 5.68. The van der Waals surface area contributed by atoms with Crippen molar-refractivity contribution < 1.29 is 0 Å². The number of nitrogens with two attached hydrogens (primary N) is 1. The molecule has 0 aliphatic carbocycles. The molecular formula is C15H25N3S2. The maximum atomic E-state index is 5.85. The van der Waals surface area contributed by atoms with E-state index in [1.807, 2.05) is 31.7 Å². The smallest absolute Gasteiger partial charge is 0.136 e. The van der Waals surface area contributed by atoms with Gasteiger partial charge in [0.25, 0.3) is 0 Å². The van der Waals surface area contributed by atoms with Crippen LogP contribution in [0, 0.1) is 13.8 Å². The predicted molar refractivity (Wildman–Crippen MR) is 94.9 cm³/mol. The lowest BCUT2D eigenvalue weighted by atomic mass is 10.0. The molecule has 0 spiro atoms. The second-order valence-electron chi connectivity index (χ2n) is 5.12. The highest BCUT2D eigenvalue weighted by Crippen LogP contribution is 2.31. The predicted octanol–water partition coefficient (Wildman–Crippen LogP) is 3.67. The first-order chi connectivity index (χ1) is 9.39. The third kappa shape index (κ3) is 3.85. The van der Waals surface area contributed by atoms with Gasteiger partial charge in [0, 0.05) is 17.0 Å². The molecule has 0 fully saturated rings. The standard InChI is InChI=1S/C15H25N3S2/c1-6-15(7-2,20-5)9-17-14-12(13(16)19)10(3)8-11(4)18-14/h8H,6-7,9H2,1-5H3,(H2,16,19)(H,17,18). The second kappa shape index (κ2) is 7.27. The summed E-state index contributed by atoms with van der Waals surface area (Å²) in [5.41, 5.74) is 8.78. The zero-order chi connectivity index (χ0) is 15.3. The van der Waals surface area contributed by atoms with Crippen LogP contribution in [-0.2, 0) is 0 Å². The Bertz CT molecular complexity index is 474. The Balaban J connectivity index is 3.06. The summed E-state index contributed by atoms with van der Waals surface area (Å²) >= 11 is 7.07. The molecule has 1 heterocycles. The molecule has 3 nitrogen and oxygen atoms in total. The molecule has 0 saturated carbocycles. The summed E-state index contributed by atoms with van der Waals surface area (Å²) in [5.74, 6) is 0.815. The summed E-state index contributed by atoms with van der Waals surface area (Å²) in [6.45, 7) is 9.33. The van der Waals surface area contributed by atoms with E-state index in [1.165, 1.54) is 0 Å². The highest BCUT2D eigenvalue weighted by molar-refractivity contribution is 8.00. The Kier molecular flexibility index (Phi) is 6.27. The van der Waals surface area contributed by atoms with Gasteiger partial charge < -0.3 is 11.1 Å². The molecular weight excluding hydrogens is 286 g/mol. The van der Waals surface area contributed by atoms with E-state index in [2.05, 4.69) is 30.4 Å². The lowest BCUT2D eigenvalue weighted by molar-refractivity contribution is 0.574.